The van der Waals surface area contributed by atoms with Crippen LogP contribution in [0.3, 0.4) is 0 Å². The van der Waals surface area contributed by atoms with Gasteiger partial charge in [-0.2, -0.15) is 15.7 Å². The van der Waals surface area contributed by atoms with E-state index in [1.54, 1.807) is 24.4 Å². The molecule has 2 aromatic heterocycles. The highest BCUT2D eigenvalue weighted by molar-refractivity contribution is 5.70. The lowest BCUT2D eigenvalue weighted by Crippen LogP contribution is -2.82. The number of methoxy groups -OCH3 is 1. The summed E-state index contributed by atoms with van der Waals surface area (Å²) in [5.41, 5.74) is 11.8. The van der Waals surface area contributed by atoms with E-state index in [9.17, 15) is 0 Å². The standard InChI is InChI=1S/C25H32N6O.C4H10N2O/c1-6-18(2)22-16-30(12-13-32-5)17-23(22)27-25-19(3)24(20-14-26-29(4)15-20)28-31(25)21-10-8-7-9-11-21;1-7-6-4-2-3-5/h6-11,14-15,22-23,27H,1-2,12-13,16-17H2,3-5H3;2-3,6H,4-5H2,1H3/p+1/b;3-2-/t22-,23?;/m0./s1. The van der Waals surface area contributed by atoms with E-state index in [0.29, 0.717) is 6.61 Å². The Kier molecular flexibility index (Phi) is 11.5. The van der Waals surface area contributed by atoms with Crippen LogP contribution in [0.4, 0.5) is 5.82 Å². The molecule has 210 valence electrons. The van der Waals surface area contributed by atoms with Crippen LogP contribution in [0.25, 0.3) is 16.9 Å². The summed E-state index contributed by atoms with van der Waals surface area (Å²) in [4.78, 5) is 7.03. The number of ether oxygens (including phenoxy) is 1. The highest BCUT2D eigenvalue weighted by atomic mass is 16.6. The number of para-hydroxylation sites is 1. The maximum absolute atomic E-state index is 5.30. The number of rotatable bonds is 12. The van der Waals surface area contributed by atoms with E-state index in [-0.39, 0.29) is 12.0 Å². The number of hydrogen-bond donors (Lipinski definition) is 3. The monoisotopic (exact) mass is 535 g/mol. The fourth-order valence-electron chi connectivity index (χ4n) is 4.61. The smallest absolute Gasteiger partial charge is 0.133 e. The van der Waals surface area contributed by atoms with E-state index in [4.69, 9.17) is 15.6 Å². The molecule has 1 aromatic carbocycles. The molecule has 0 aliphatic carbocycles. The number of nitrogens with one attached hydrogen (secondary N) is 1. The third-order valence-electron chi connectivity index (χ3n) is 6.70. The van der Waals surface area contributed by atoms with E-state index < -0.39 is 0 Å². The van der Waals surface area contributed by atoms with E-state index in [1.165, 1.54) is 6.20 Å². The Morgan fingerprint density at radius 3 is 2.64 bits per heavy atom. The summed E-state index contributed by atoms with van der Waals surface area (Å²) >= 11 is 0. The van der Waals surface area contributed by atoms with E-state index in [1.807, 2.05) is 54.5 Å². The number of aromatic nitrogens is 4. The molecule has 0 bridgehead atoms. The van der Waals surface area contributed by atoms with Gasteiger partial charge in [-0.1, -0.05) is 37.4 Å². The predicted molar refractivity (Wildman–Crippen MR) is 156 cm³/mol. The van der Waals surface area contributed by atoms with Crippen molar-refractivity contribution in [2.24, 2.45) is 18.7 Å². The maximum Gasteiger partial charge on any atom is 0.133 e. The molecule has 1 aliphatic rings. The second kappa shape index (κ2) is 15.0. The molecule has 0 amide bonds. The number of quaternary nitrogens is 1. The van der Waals surface area contributed by atoms with Gasteiger partial charge in [-0.05, 0) is 36.9 Å². The first-order valence-corrected chi connectivity index (χ1v) is 13.1. The van der Waals surface area contributed by atoms with Crippen molar-refractivity contribution < 1.29 is 15.1 Å². The molecule has 1 aliphatic heterocycles. The zero-order valence-electron chi connectivity index (χ0n) is 23.6. The normalized spacial score (nSPS) is 17.2. The summed E-state index contributed by atoms with van der Waals surface area (Å²) in [5.74, 6) is 1.26. The molecule has 4 rings (SSSR count). The molecule has 2 atom stereocenters. The quantitative estimate of drug-likeness (QED) is 0.185. The Labute approximate surface area is 231 Å². The predicted octanol–water partition coefficient (Wildman–Crippen LogP) is 2.27. The number of allylic oxidation sites excluding steroid dienone is 1. The Morgan fingerprint density at radius 1 is 1.26 bits per heavy atom. The second-order valence-electron chi connectivity index (χ2n) is 9.43. The number of anilines is 1. The fourth-order valence-corrected chi connectivity index (χ4v) is 4.61. The van der Waals surface area contributed by atoms with Gasteiger partial charge in [-0.25, -0.2) is 9.52 Å². The topological polar surface area (TPSA) is 112 Å². The van der Waals surface area contributed by atoms with Gasteiger partial charge >= 0.3 is 0 Å². The Hall–Kier alpha value is -3.70. The van der Waals surface area contributed by atoms with Crippen molar-refractivity contribution in [3.8, 4) is 16.9 Å². The molecular formula is C29H43N8O2+. The lowest BCUT2D eigenvalue weighted by molar-refractivity contribution is -0.884. The Balaban J connectivity index is 0.000000532. The molecule has 0 saturated carbocycles. The number of aryl methyl sites for hydroxylation is 1. The number of nitrogens with zero attached hydrogens (tertiary/aromatic N) is 5. The number of likely N-dealkylation sites (tertiary alicyclic amines) is 1. The van der Waals surface area contributed by atoms with Gasteiger partial charge in [0.2, 0.25) is 0 Å². The van der Waals surface area contributed by atoms with Gasteiger partial charge in [-0.3, -0.25) is 9.58 Å². The minimum atomic E-state index is 0.192. The number of hydroxylamine groups is 1. The summed E-state index contributed by atoms with van der Waals surface area (Å²) in [6.07, 6.45) is 9.04. The van der Waals surface area contributed by atoms with Crippen LogP contribution < -0.4 is 16.5 Å². The molecule has 5 N–H and O–H groups in total. The van der Waals surface area contributed by atoms with Crippen molar-refractivity contribution in [3.05, 3.63) is 85.4 Å². The summed E-state index contributed by atoms with van der Waals surface area (Å²) in [6, 6.07) is 10.4. The van der Waals surface area contributed by atoms with Gasteiger partial charge in [0.25, 0.3) is 0 Å². The van der Waals surface area contributed by atoms with Crippen molar-refractivity contribution in [2.75, 3.05) is 52.3 Å². The SMILES string of the molecule is C=CC(=C)[C@@H]1CN(CCOC)CC1Nc1c(C)c(-c2cnn(C)c2)nn1-c1ccccc1.CO[NH2+]C/C=C\N. The van der Waals surface area contributed by atoms with Crippen LogP contribution in [-0.2, 0) is 16.6 Å². The van der Waals surface area contributed by atoms with Gasteiger partial charge in [-0.15, -0.1) is 0 Å². The van der Waals surface area contributed by atoms with E-state index >= 15 is 0 Å². The van der Waals surface area contributed by atoms with E-state index in [0.717, 1.165) is 60.1 Å². The average molecular weight is 536 g/mol. The molecule has 1 unspecified atom stereocenters. The molecule has 0 radical (unpaired) electrons. The van der Waals surface area contributed by atoms with Gasteiger partial charge in [0.05, 0.1) is 25.6 Å². The largest absolute Gasteiger partial charge is 0.405 e. The third kappa shape index (κ3) is 7.90. The van der Waals surface area contributed by atoms with Crippen LogP contribution in [0.2, 0.25) is 0 Å². The first kappa shape index (κ1) is 29.9. The van der Waals surface area contributed by atoms with Gasteiger partial charge in [0, 0.05) is 63.1 Å². The van der Waals surface area contributed by atoms with Crippen molar-refractivity contribution in [1.82, 2.24) is 24.5 Å². The highest BCUT2D eigenvalue weighted by Crippen LogP contribution is 2.33. The lowest BCUT2D eigenvalue weighted by atomic mass is 9.95. The van der Waals surface area contributed by atoms with Crippen molar-refractivity contribution >= 4 is 5.82 Å². The fraction of sp³-hybridized carbons (Fsp3) is 0.379. The van der Waals surface area contributed by atoms with E-state index in [2.05, 4.69) is 52.4 Å². The van der Waals surface area contributed by atoms with Crippen LogP contribution in [0, 0.1) is 12.8 Å². The van der Waals surface area contributed by atoms with Crippen LogP contribution in [0.15, 0.2) is 79.8 Å². The van der Waals surface area contributed by atoms with Crippen LogP contribution >= 0.6 is 0 Å². The maximum atomic E-state index is 5.30. The summed E-state index contributed by atoms with van der Waals surface area (Å²) in [6.45, 7) is 14.6. The molecule has 1 saturated heterocycles. The summed E-state index contributed by atoms with van der Waals surface area (Å²) in [5, 5.41) is 13.2. The van der Waals surface area contributed by atoms with Gasteiger partial charge < -0.3 is 15.8 Å². The number of hydrogen-bond acceptors (Lipinski definition) is 7. The van der Waals surface area contributed by atoms with Crippen LogP contribution in [0.1, 0.15) is 5.56 Å². The van der Waals surface area contributed by atoms with Crippen LogP contribution in [-0.4, -0.2) is 77.5 Å². The molecule has 0 spiro atoms. The first-order chi connectivity index (χ1) is 18.9. The minimum Gasteiger partial charge on any atom is -0.405 e. The molecule has 3 aromatic rings. The molecule has 39 heavy (non-hydrogen) atoms. The van der Waals surface area contributed by atoms with Crippen LogP contribution in [0.5, 0.6) is 0 Å². The Morgan fingerprint density at radius 2 is 2.03 bits per heavy atom. The van der Waals surface area contributed by atoms with Crippen molar-refractivity contribution in [3.63, 3.8) is 0 Å². The second-order valence-corrected chi connectivity index (χ2v) is 9.43. The number of nitrogens with two attached hydrogens (primary N) is 2. The molecule has 10 nitrogen and oxygen atoms in total. The first-order valence-electron chi connectivity index (χ1n) is 13.1. The zero-order chi connectivity index (χ0) is 28.2. The third-order valence-corrected chi connectivity index (χ3v) is 6.70. The molecule has 3 heterocycles. The lowest BCUT2D eigenvalue weighted by Gasteiger charge is -2.22. The zero-order valence-corrected chi connectivity index (χ0v) is 23.6. The van der Waals surface area contributed by atoms with Crippen molar-refractivity contribution in [2.45, 2.75) is 13.0 Å². The molecule has 1 fully saturated rings. The minimum absolute atomic E-state index is 0.192. The Bertz CT molecular complexity index is 1220. The van der Waals surface area contributed by atoms with Gasteiger partial charge in [0.1, 0.15) is 18.1 Å². The summed E-state index contributed by atoms with van der Waals surface area (Å²) < 4.78 is 9.11. The van der Waals surface area contributed by atoms with Gasteiger partial charge in [0.15, 0.2) is 0 Å². The highest BCUT2D eigenvalue weighted by Gasteiger charge is 2.35. The average Bonchev–Trinajstić information content (AvgIpc) is 3.66. The van der Waals surface area contributed by atoms with Crippen molar-refractivity contribution in [1.29, 1.82) is 0 Å². The molecule has 10 heteroatoms. The summed E-state index contributed by atoms with van der Waals surface area (Å²) in [7, 11) is 5.28. The number of benzene rings is 1. The molecular weight excluding hydrogens is 492 g/mol.